The predicted octanol–water partition coefficient (Wildman–Crippen LogP) is 0.843. The molecule has 0 aliphatic rings. The van der Waals surface area contributed by atoms with Crippen LogP contribution >= 0.6 is 0 Å². The second-order valence-corrected chi connectivity index (χ2v) is 1.80. The van der Waals surface area contributed by atoms with Crippen LogP contribution in [0.2, 0.25) is 0 Å². The van der Waals surface area contributed by atoms with Crippen LogP contribution < -0.4 is 5.73 Å². The molecule has 1 rings (SSSR count). The molecule has 0 atom stereocenters. The molecule has 0 radical (unpaired) electrons. The molecule has 0 aliphatic heterocycles. The van der Waals surface area contributed by atoms with E-state index in [4.69, 9.17) is 5.73 Å². The number of nitrogens with zero attached hydrogens (tertiary/aromatic N) is 1. The van der Waals surface area contributed by atoms with Crippen LogP contribution in [0.4, 0.5) is 0 Å². The number of hydrogen-bond acceptors (Lipinski definition) is 2. The summed E-state index contributed by atoms with van der Waals surface area (Å²) in [7, 11) is 0. The van der Waals surface area contributed by atoms with Crippen molar-refractivity contribution < 1.29 is 4.79 Å². The van der Waals surface area contributed by atoms with Gasteiger partial charge in [0.15, 0.2) is 0 Å². The van der Waals surface area contributed by atoms with Crippen LogP contribution in [0.25, 0.3) is 0 Å². The average molecular weight is 155 g/mol. The van der Waals surface area contributed by atoms with Crippen LogP contribution in [-0.4, -0.2) is 16.1 Å². The van der Waals surface area contributed by atoms with Gasteiger partial charge in [-0.25, -0.2) is 0 Å². The maximum absolute atomic E-state index is 10.4. The standard InChI is InChI=1S/C5H7N3O.C2H6/c1-3-2-4(5(6)9)8-7-3;1-2/h2H,1H3,(H2,6,9)(H,7,8);1-2H3. The molecule has 3 N–H and O–H groups in total. The van der Waals surface area contributed by atoms with Crippen molar-refractivity contribution in [2.45, 2.75) is 20.8 Å². The number of amides is 1. The maximum atomic E-state index is 10.4. The first-order valence-electron chi connectivity index (χ1n) is 3.52. The van der Waals surface area contributed by atoms with E-state index in [1.165, 1.54) is 0 Å². The quantitative estimate of drug-likeness (QED) is 0.630. The molecule has 0 saturated carbocycles. The normalized spacial score (nSPS) is 8.27. The molecule has 4 nitrogen and oxygen atoms in total. The van der Waals surface area contributed by atoms with Crippen LogP contribution in [-0.2, 0) is 0 Å². The van der Waals surface area contributed by atoms with Gasteiger partial charge in [0.1, 0.15) is 5.69 Å². The number of nitrogens with two attached hydrogens (primary N) is 1. The van der Waals surface area contributed by atoms with Gasteiger partial charge in [-0.05, 0) is 13.0 Å². The zero-order valence-electron chi connectivity index (χ0n) is 7.01. The molecule has 0 unspecified atom stereocenters. The molecule has 1 heterocycles. The summed E-state index contributed by atoms with van der Waals surface area (Å²) in [4.78, 5) is 10.4. The lowest BCUT2D eigenvalue weighted by Crippen LogP contribution is -2.10. The first-order valence-corrected chi connectivity index (χ1v) is 3.52. The molecule has 1 amide bonds. The van der Waals surface area contributed by atoms with E-state index in [9.17, 15) is 4.79 Å². The number of nitrogens with one attached hydrogen (secondary N) is 1. The first kappa shape index (κ1) is 9.68. The molecule has 1 aromatic rings. The first-order chi connectivity index (χ1) is 5.20. The van der Waals surface area contributed by atoms with E-state index in [-0.39, 0.29) is 5.69 Å². The molecule has 0 spiro atoms. The van der Waals surface area contributed by atoms with Crippen LogP contribution in [0.15, 0.2) is 6.07 Å². The zero-order valence-corrected chi connectivity index (χ0v) is 7.01. The number of carbonyl (C=O) groups is 1. The third-order valence-electron chi connectivity index (χ3n) is 0.958. The largest absolute Gasteiger partial charge is 0.364 e. The van der Waals surface area contributed by atoms with Gasteiger partial charge < -0.3 is 5.73 Å². The molecule has 0 aromatic carbocycles. The third-order valence-corrected chi connectivity index (χ3v) is 0.958. The molecular weight excluding hydrogens is 142 g/mol. The van der Waals surface area contributed by atoms with Gasteiger partial charge in [0.25, 0.3) is 5.91 Å². The Bertz CT molecular complexity index is 229. The second kappa shape index (κ2) is 4.49. The van der Waals surface area contributed by atoms with Crippen molar-refractivity contribution in [1.82, 2.24) is 10.2 Å². The molecule has 0 fully saturated rings. The Kier molecular flexibility index (Phi) is 3.95. The van der Waals surface area contributed by atoms with Crippen LogP contribution in [0, 0.1) is 6.92 Å². The van der Waals surface area contributed by atoms with Gasteiger partial charge in [0.05, 0.1) is 0 Å². The Labute approximate surface area is 65.8 Å². The number of rotatable bonds is 1. The highest BCUT2D eigenvalue weighted by Gasteiger charge is 2.01. The molecule has 1 aromatic heterocycles. The van der Waals surface area contributed by atoms with E-state index in [2.05, 4.69) is 10.2 Å². The highest BCUT2D eigenvalue weighted by molar-refractivity contribution is 5.90. The van der Waals surface area contributed by atoms with Crippen LogP contribution in [0.3, 0.4) is 0 Å². The Morgan fingerprint density at radius 1 is 1.64 bits per heavy atom. The van der Waals surface area contributed by atoms with Crippen LogP contribution in [0.5, 0.6) is 0 Å². The van der Waals surface area contributed by atoms with Gasteiger partial charge in [-0.15, -0.1) is 0 Å². The summed E-state index contributed by atoms with van der Waals surface area (Å²) in [6.45, 7) is 5.80. The monoisotopic (exact) mass is 155 g/mol. The van der Waals surface area contributed by atoms with Crippen molar-refractivity contribution in [3.05, 3.63) is 17.5 Å². The SMILES string of the molecule is CC.Cc1cc(C(N)=O)n[nH]1. The summed E-state index contributed by atoms with van der Waals surface area (Å²) >= 11 is 0. The van der Waals surface area contributed by atoms with Crippen molar-refractivity contribution >= 4 is 5.91 Å². The lowest BCUT2D eigenvalue weighted by Gasteiger charge is -1.79. The van der Waals surface area contributed by atoms with E-state index in [1.54, 1.807) is 13.0 Å². The highest BCUT2D eigenvalue weighted by Crippen LogP contribution is 1.94. The second-order valence-electron chi connectivity index (χ2n) is 1.80. The van der Waals surface area contributed by atoms with Crippen molar-refractivity contribution in [3.8, 4) is 0 Å². The molecule has 0 bridgehead atoms. The fraction of sp³-hybridized carbons (Fsp3) is 0.429. The number of carbonyl (C=O) groups excluding carboxylic acids is 1. The number of primary amides is 1. The van der Waals surface area contributed by atoms with E-state index in [1.807, 2.05) is 13.8 Å². The highest BCUT2D eigenvalue weighted by atomic mass is 16.1. The maximum Gasteiger partial charge on any atom is 0.269 e. The number of aromatic nitrogens is 2. The van der Waals surface area contributed by atoms with Gasteiger partial charge in [0.2, 0.25) is 0 Å². The van der Waals surface area contributed by atoms with Crippen molar-refractivity contribution in [1.29, 1.82) is 0 Å². The molecule has 62 valence electrons. The summed E-state index contributed by atoms with van der Waals surface area (Å²) < 4.78 is 0. The predicted molar refractivity (Wildman–Crippen MR) is 43.2 cm³/mol. The number of aromatic amines is 1. The van der Waals surface area contributed by atoms with Crippen LogP contribution in [0.1, 0.15) is 30.0 Å². The minimum atomic E-state index is -0.501. The Balaban J connectivity index is 0.000000461. The minimum Gasteiger partial charge on any atom is -0.364 e. The Morgan fingerprint density at radius 2 is 2.18 bits per heavy atom. The Hall–Kier alpha value is -1.32. The molecule has 0 saturated heterocycles. The molecule has 0 aliphatic carbocycles. The summed E-state index contributed by atoms with van der Waals surface area (Å²) in [5.74, 6) is -0.501. The molecule has 11 heavy (non-hydrogen) atoms. The summed E-state index contributed by atoms with van der Waals surface area (Å²) in [5, 5.41) is 6.21. The van der Waals surface area contributed by atoms with E-state index in [0.29, 0.717) is 0 Å². The van der Waals surface area contributed by atoms with Gasteiger partial charge in [-0.3, -0.25) is 9.89 Å². The fourth-order valence-electron chi connectivity index (χ4n) is 0.544. The van der Waals surface area contributed by atoms with Gasteiger partial charge in [-0.2, -0.15) is 5.10 Å². The van der Waals surface area contributed by atoms with Gasteiger partial charge in [-0.1, -0.05) is 13.8 Å². The number of H-pyrrole nitrogens is 1. The third kappa shape index (κ3) is 2.84. The van der Waals surface area contributed by atoms with E-state index >= 15 is 0 Å². The fourth-order valence-corrected chi connectivity index (χ4v) is 0.544. The van der Waals surface area contributed by atoms with E-state index in [0.717, 1.165) is 5.69 Å². The van der Waals surface area contributed by atoms with Gasteiger partial charge >= 0.3 is 0 Å². The summed E-state index contributed by atoms with van der Waals surface area (Å²) in [5.41, 5.74) is 6.03. The zero-order chi connectivity index (χ0) is 8.85. The van der Waals surface area contributed by atoms with E-state index < -0.39 is 5.91 Å². The lowest BCUT2D eigenvalue weighted by atomic mass is 10.4. The lowest BCUT2D eigenvalue weighted by molar-refractivity contribution is 0.0995. The topological polar surface area (TPSA) is 71.8 Å². The van der Waals surface area contributed by atoms with Crippen molar-refractivity contribution in [3.63, 3.8) is 0 Å². The summed E-state index contributed by atoms with van der Waals surface area (Å²) in [6, 6.07) is 1.60. The number of aryl methyl sites for hydroxylation is 1. The van der Waals surface area contributed by atoms with Gasteiger partial charge in [0, 0.05) is 5.69 Å². The molecule has 4 heteroatoms. The van der Waals surface area contributed by atoms with Crippen molar-refractivity contribution in [2.24, 2.45) is 5.73 Å². The molecular formula is C7H13N3O. The summed E-state index contributed by atoms with van der Waals surface area (Å²) in [6.07, 6.45) is 0. The number of hydrogen-bond donors (Lipinski definition) is 2. The smallest absolute Gasteiger partial charge is 0.269 e. The average Bonchev–Trinajstić information content (AvgIpc) is 2.40. The van der Waals surface area contributed by atoms with Crippen molar-refractivity contribution in [2.75, 3.05) is 0 Å². The minimum absolute atomic E-state index is 0.285. The Morgan fingerprint density at radius 3 is 2.36 bits per heavy atom.